The number of benzene rings is 4. The molecule has 0 heterocycles. The van der Waals surface area contributed by atoms with Crippen molar-refractivity contribution in [2.45, 2.75) is 57.2 Å². The third kappa shape index (κ3) is 7.30. The summed E-state index contributed by atoms with van der Waals surface area (Å²) < 4.78 is 7.08. The molecule has 0 aromatic heterocycles. The molecule has 5 rings (SSSR count). The van der Waals surface area contributed by atoms with Crippen molar-refractivity contribution in [1.29, 1.82) is 0 Å². The quantitative estimate of drug-likeness (QED) is 0.212. The number of ether oxygens (including phenoxy) is 1. The fourth-order valence-corrected chi connectivity index (χ4v) is 5.69. The van der Waals surface area contributed by atoms with E-state index in [0.717, 1.165) is 52.1 Å². The van der Waals surface area contributed by atoms with Crippen LogP contribution in [-0.2, 0) is 22.6 Å². The van der Waals surface area contributed by atoms with Crippen LogP contribution in [0.4, 0.5) is 0 Å². The summed E-state index contributed by atoms with van der Waals surface area (Å²) in [5, 5.41) is 5.29. The van der Waals surface area contributed by atoms with Gasteiger partial charge in [0.05, 0.1) is 0 Å². The predicted octanol–water partition coefficient (Wildman–Crippen LogP) is 7.07. The molecule has 0 bridgehead atoms. The van der Waals surface area contributed by atoms with Crippen molar-refractivity contribution in [2.24, 2.45) is 0 Å². The summed E-state index contributed by atoms with van der Waals surface area (Å²) in [4.78, 5) is 29.6. The van der Waals surface area contributed by atoms with Crippen LogP contribution >= 0.6 is 15.9 Å². The number of halogens is 1. The van der Waals surface area contributed by atoms with Crippen LogP contribution in [0, 0.1) is 0 Å². The van der Waals surface area contributed by atoms with E-state index in [1.54, 1.807) is 4.90 Å². The van der Waals surface area contributed by atoms with Crippen molar-refractivity contribution in [2.75, 3.05) is 6.61 Å². The zero-order valence-electron chi connectivity index (χ0n) is 22.6. The Morgan fingerprint density at radius 1 is 0.825 bits per heavy atom. The SMILES string of the molecule is O=C(NC1CCCCC1)C(Cc1ccccc1)N(Cc1ccc(Br)cc1)C(=O)COc1cccc2ccccc12. The lowest BCUT2D eigenvalue weighted by Gasteiger charge is -2.33. The van der Waals surface area contributed by atoms with Gasteiger partial charge in [0.1, 0.15) is 11.8 Å². The van der Waals surface area contributed by atoms with Gasteiger partial charge in [-0.15, -0.1) is 0 Å². The molecule has 4 aromatic rings. The van der Waals surface area contributed by atoms with Crippen molar-refractivity contribution < 1.29 is 14.3 Å². The molecule has 1 saturated carbocycles. The summed E-state index contributed by atoms with van der Waals surface area (Å²) in [6, 6.07) is 31.1. The average molecular weight is 600 g/mol. The first kappa shape index (κ1) is 27.9. The van der Waals surface area contributed by atoms with E-state index in [4.69, 9.17) is 4.74 Å². The molecule has 1 aliphatic rings. The Balaban J connectivity index is 1.43. The van der Waals surface area contributed by atoms with E-state index in [0.29, 0.717) is 18.7 Å². The smallest absolute Gasteiger partial charge is 0.261 e. The van der Waals surface area contributed by atoms with Crippen LogP contribution in [0.25, 0.3) is 10.8 Å². The van der Waals surface area contributed by atoms with Crippen LogP contribution in [0.5, 0.6) is 5.75 Å². The standard InChI is InChI=1S/C34H35BrN2O3/c35-28-20-18-26(19-21-28)23-37(33(38)24-40-32-17-9-13-27-12-7-8-16-30(27)32)31(22-25-10-3-1-4-11-25)34(39)36-29-14-5-2-6-15-29/h1,3-4,7-13,16-21,29,31H,2,5-6,14-15,22-24H2,(H,36,39). The zero-order chi connectivity index (χ0) is 27.7. The Morgan fingerprint density at radius 3 is 2.30 bits per heavy atom. The molecule has 1 fully saturated rings. The van der Waals surface area contributed by atoms with Gasteiger partial charge in [-0.2, -0.15) is 0 Å². The number of fused-ring (bicyclic) bond motifs is 1. The highest BCUT2D eigenvalue weighted by Crippen LogP contribution is 2.26. The molecule has 2 amide bonds. The minimum atomic E-state index is -0.670. The summed E-state index contributed by atoms with van der Waals surface area (Å²) >= 11 is 3.50. The Morgan fingerprint density at radius 2 is 1.52 bits per heavy atom. The summed E-state index contributed by atoms with van der Waals surface area (Å²) in [6.07, 6.45) is 5.84. The molecule has 40 heavy (non-hydrogen) atoms. The molecular formula is C34H35BrN2O3. The van der Waals surface area contributed by atoms with Crippen LogP contribution in [0.15, 0.2) is 102 Å². The van der Waals surface area contributed by atoms with Gasteiger partial charge < -0.3 is 15.0 Å². The number of carbonyl (C=O) groups excluding carboxylic acids is 2. The third-order valence-electron chi connectivity index (χ3n) is 7.59. The van der Waals surface area contributed by atoms with Crippen molar-refractivity contribution in [3.05, 3.63) is 113 Å². The minimum absolute atomic E-state index is 0.105. The Bertz CT molecular complexity index is 1410. The molecule has 1 unspecified atom stereocenters. The van der Waals surface area contributed by atoms with E-state index in [-0.39, 0.29) is 24.5 Å². The first-order chi connectivity index (χ1) is 19.6. The van der Waals surface area contributed by atoms with E-state index in [1.807, 2.05) is 97.1 Å². The van der Waals surface area contributed by atoms with E-state index >= 15 is 0 Å². The molecule has 1 N–H and O–H groups in total. The van der Waals surface area contributed by atoms with Crippen LogP contribution in [0.1, 0.15) is 43.2 Å². The summed E-state index contributed by atoms with van der Waals surface area (Å²) in [5.74, 6) is 0.322. The Labute approximate surface area is 244 Å². The fraction of sp³-hybridized carbons (Fsp3) is 0.294. The maximum Gasteiger partial charge on any atom is 0.261 e. The lowest BCUT2D eigenvalue weighted by molar-refractivity contribution is -0.143. The molecule has 0 aliphatic heterocycles. The van der Waals surface area contributed by atoms with Crippen LogP contribution < -0.4 is 10.1 Å². The van der Waals surface area contributed by atoms with Gasteiger partial charge in [0.2, 0.25) is 5.91 Å². The van der Waals surface area contributed by atoms with Gasteiger partial charge in [-0.3, -0.25) is 9.59 Å². The van der Waals surface area contributed by atoms with Gasteiger partial charge in [0.25, 0.3) is 5.91 Å². The van der Waals surface area contributed by atoms with E-state index in [9.17, 15) is 9.59 Å². The lowest BCUT2D eigenvalue weighted by Crippen LogP contribution is -2.53. The summed E-state index contributed by atoms with van der Waals surface area (Å²) in [6.45, 7) is 0.146. The molecule has 1 aliphatic carbocycles. The second-order valence-corrected chi connectivity index (χ2v) is 11.4. The van der Waals surface area contributed by atoms with Crippen LogP contribution in [0.2, 0.25) is 0 Å². The van der Waals surface area contributed by atoms with Gasteiger partial charge in [-0.1, -0.05) is 114 Å². The zero-order valence-corrected chi connectivity index (χ0v) is 24.2. The van der Waals surface area contributed by atoms with Crippen molar-refractivity contribution >= 4 is 38.5 Å². The van der Waals surface area contributed by atoms with E-state index < -0.39 is 6.04 Å². The number of rotatable bonds is 10. The topological polar surface area (TPSA) is 58.6 Å². The minimum Gasteiger partial charge on any atom is -0.483 e. The molecule has 4 aromatic carbocycles. The van der Waals surface area contributed by atoms with Crippen molar-refractivity contribution in [3.63, 3.8) is 0 Å². The maximum atomic E-state index is 14.0. The monoisotopic (exact) mass is 598 g/mol. The van der Waals surface area contributed by atoms with Crippen molar-refractivity contribution in [1.82, 2.24) is 10.2 Å². The Kier molecular flexibility index (Phi) is 9.50. The fourth-order valence-electron chi connectivity index (χ4n) is 5.43. The molecule has 0 saturated heterocycles. The molecule has 1 atom stereocenters. The highest BCUT2D eigenvalue weighted by molar-refractivity contribution is 9.10. The average Bonchev–Trinajstić information content (AvgIpc) is 2.99. The van der Waals surface area contributed by atoms with Gasteiger partial charge >= 0.3 is 0 Å². The first-order valence-electron chi connectivity index (χ1n) is 14.1. The summed E-state index contributed by atoms with van der Waals surface area (Å²) in [7, 11) is 0. The molecular weight excluding hydrogens is 564 g/mol. The maximum absolute atomic E-state index is 14.0. The third-order valence-corrected chi connectivity index (χ3v) is 8.12. The van der Waals surface area contributed by atoms with E-state index in [2.05, 4.69) is 21.2 Å². The van der Waals surface area contributed by atoms with Gasteiger partial charge in [-0.25, -0.2) is 0 Å². The number of hydrogen-bond donors (Lipinski definition) is 1. The highest BCUT2D eigenvalue weighted by atomic mass is 79.9. The van der Waals surface area contributed by atoms with Gasteiger partial charge in [0, 0.05) is 28.9 Å². The second kappa shape index (κ2) is 13.6. The molecule has 0 radical (unpaired) electrons. The number of hydrogen-bond acceptors (Lipinski definition) is 3. The molecule has 0 spiro atoms. The Hall–Kier alpha value is -3.64. The number of nitrogens with one attached hydrogen (secondary N) is 1. The molecule has 6 heteroatoms. The van der Waals surface area contributed by atoms with Crippen LogP contribution in [-0.4, -0.2) is 35.4 Å². The van der Waals surface area contributed by atoms with Gasteiger partial charge in [-0.05, 0) is 47.6 Å². The van der Waals surface area contributed by atoms with Crippen molar-refractivity contribution in [3.8, 4) is 5.75 Å². The molecule has 206 valence electrons. The molecule has 5 nitrogen and oxygen atoms in total. The number of carbonyl (C=O) groups is 2. The lowest BCUT2D eigenvalue weighted by atomic mass is 9.94. The normalized spacial score (nSPS) is 14.4. The predicted molar refractivity (Wildman–Crippen MR) is 163 cm³/mol. The highest BCUT2D eigenvalue weighted by Gasteiger charge is 2.32. The second-order valence-electron chi connectivity index (χ2n) is 10.5. The largest absolute Gasteiger partial charge is 0.483 e. The number of amides is 2. The van der Waals surface area contributed by atoms with Gasteiger partial charge in [0.15, 0.2) is 6.61 Å². The first-order valence-corrected chi connectivity index (χ1v) is 14.8. The number of nitrogens with zero attached hydrogens (tertiary/aromatic N) is 1. The van der Waals surface area contributed by atoms with Crippen LogP contribution in [0.3, 0.4) is 0 Å². The summed E-state index contributed by atoms with van der Waals surface area (Å²) in [5.41, 5.74) is 1.96. The van der Waals surface area contributed by atoms with E-state index in [1.165, 1.54) is 6.42 Å².